The zero-order valence-corrected chi connectivity index (χ0v) is 19.8. The van der Waals surface area contributed by atoms with Gasteiger partial charge in [-0.25, -0.2) is 14.4 Å². The number of aromatic amines is 1. The van der Waals surface area contributed by atoms with Crippen molar-refractivity contribution in [1.82, 2.24) is 25.5 Å². The molecule has 5 rings (SSSR count). The van der Waals surface area contributed by atoms with Crippen molar-refractivity contribution >= 4 is 17.4 Å². The van der Waals surface area contributed by atoms with Crippen molar-refractivity contribution in [2.45, 2.75) is 33.1 Å². The molecule has 3 N–H and O–H groups in total. The quantitative estimate of drug-likeness (QED) is 0.338. The number of ether oxygens (including phenoxy) is 2. The summed E-state index contributed by atoms with van der Waals surface area (Å²) >= 11 is 0. The van der Waals surface area contributed by atoms with Crippen LogP contribution in [0.5, 0.6) is 5.75 Å². The monoisotopic (exact) mass is 488 g/mol. The number of nitrogens with one attached hydrogen (secondary N) is 3. The van der Waals surface area contributed by atoms with Crippen LogP contribution in [-0.4, -0.2) is 38.7 Å². The Morgan fingerprint density at radius 3 is 2.67 bits per heavy atom. The predicted molar refractivity (Wildman–Crippen MR) is 132 cm³/mol. The van der Waals surface area contributed by atoms with Crippen LogP contribution in [0.3, 0.4) is 0 Å². The number of aromatic nitrogens is 4. The van der Waals surface area contributed by atoms with Crippen molar-refractivity contribution in [3.05, 3.63) is 71.9 Å². The van der Waals surface area contributed by atoms with Gasteiger partial charge in [0.25, 0.3) is 5.91 Å². The summed E-state index contributed by atoms with van der Waals surface area (Å²) in [6.07, 6.45) is 3.60. The number of carbonyl (C=O) groups excluding carboxylic acids is 1. The van der Waals surface area contributed by atoms with E-state index in [9.17, 15) is 9.18 Å². The lowest BCUT2D eigenvalue weighted by Crippen LogP contribution is -2.34. The highest BCUT2D eigenvalue weighted by molar-refractivity contribution is 5.78. The van der Waals surface area contributed by atoms with Gasteiger partial charge < -0.3 is 20.1 Å². The Kier molecular flexibility index (Phi) is 6.59. The molecule has 2 aromatic heterocycles. The molecule has 0 aliphatic carbocycles. The zero-order chi connectivity index (χ0) is 25.1. The number of H-pyrrole nitrogens is 1. The molecule has 1 aliphatic heterocycles. The summed E-state index contributed by atoms with van der Waals surface area (Å²) in [4.78, 5) is 21.3. The highest BCUT2D eigenvalue weighted by Crippen LogP contribution is 2.32. The molecular weight excluding hydrogens is 463 g/mol. The minimum Gasteiger partial charge on any atom is -0.481 e. The maximum absolute atomic E-state index is 14.4. The molecule has 0 bridgehead atoms. The van der Waals surface area contributed by atoms with Crippen molar-refractivity contribution in [2.75, 3.05) is 11.9 Å². The third-order valence-electron chi connectivity index (χ3n) is 5.55. The summed E-state index contributed by atoms with van der Waals surface area (Å²) in [5.74, 6) is 0.0682. The number of amides is 1. The van der Waals surface area contributed by atoms with E-state index in [0.717, 1.165) is 28.1 Å². The van der Waals surface area contributed by atoms with Crippen LogP contribution >= 0.6 is 0 Å². The summed E-state index contributed by atoms with van der Waals surface area (Å²) in [6.45, 7) is 4.15. The standard InChI is InChI=1S/C26H25FN6O3/c1-15(2)30-24(34)14-36-23-9-17(5-8-21(23)27)25-32-22-13-35-12-20(22)26(33-25)31-19-6-3-16(4-7-19)18-10-28-29-11-18/h3-11,15H,12-14H2,1-2H3,(H,28,29)(H,30,34)(H,31,32,33). The Morgan fingerprint density at radius 2 is 1.92 bits per heavy atom. The van der Waals surface area contributed by atoms with Gasteiger partial charge in [-0.3, -0.25) is 9.89 Å². The maximum Gasteiger partial charge on any atom is 0.258 e. The number of hydrogen-bond acceptors (Lipinski definition) is 7. The summed E-state index contributed by atoms with van der Waals surface area (Å²) in [5, 5.41) is 12.9. The minimum absolute atomic E-state index is 0.0351. The molecule has 1 aliphatic rings. The number of benzene rings is 2. The molecule has 9 nitrogen and oxygen atoms in total. The second kappa shape index (κ2) is 10.1. The van der Waals surface area contributed by atoms with Gasteiger partial charge >= 0.3 is 0 Å². The highest BCUT2D eigenvalue weighted by Gasteiger charge is 2.21. The first-order valence-corrected chi connectivity index (χ1v) is 11.5. The fourth-order valence-electron chi connectivity index (χ4n) is 3.84. The van der Waals surface area contributed by atoms with Gasteiger partial charge in [0.1, 0.15) is 5.82 Å². The Labute approximate surface area is 207 Å². The SMILES string of the molecule is CC(C)NC(=O)COc1cc(-c2nc3c(c(Nc4ccc(-c5cn[nH]c5)cc4)n2)COC3)ccc1F. The molecule has 0 atom stereocenters. The smallest absolute Gasteiger partial charge is 0.258 e. The van der Waals surface area contributed by atoms with E-state index >= 15 is 0 Å². The second-order valence-corrected chi connectivity index (χ2v) is 8.66. The summed E-state index contributed by atoms with van der Waals surface area (Å²) in [6, 6.07) is 12.2. The van der Waals surface area contributed by atoms with Gasteiger partial charge in [0.2, 0.25) is 0 Å². The zero-order valence-electron chi connectivity index (χ0n) is 19.8. The molecule has 0 unspecified atom stereocenters. The fourth-order valence-corrected chi connectivity index (χ4v) is 3.84. The Hall–Kier alpha value is -4.31. The number of hydrogen-bond donors (Lipinski definition) is 3. The van der Waals surface area contributed by atoms with E-state index in [1.807, 2.05) is 44.3 Å². The van der Waals surface area contributed by atoms with Crippen LogP contribution in [0, 0.1) is 5.82 Å². The van der Waals surface area contributed by atoms with E-state index in [1.165, 1.54) is 12.1 Å². The van der Waals surface area contributed by atoms with Gasteiger partial charge in [-0.05, 0) is 49.7 Å². The van der Waals surface area contributed by atoms with Crippen LogP contribution in [0.1, 0.15) is 25.1 Å². The van der Waals surface area contributed by atoms with Crippen LogP contribution in [0.25, 0.3) is 22.5 Å². The lowest BCUT2D eigenvalue weighted by molar-refractivity contribution is -0.123. The molecule has 4 aromatic rings. The van der Waals surface area contributed by atoms with Crippen molar-refractivity contribution in [2.24, 2.45) is 0 Å². The van der Waals surface area contributed by atoms with Gasteiger partial charge in [-0.1, -0.05) is 12.1 Å². The van der Waals surface area contributed by atoms with Gasteiger partial charge in [0.15, 0.2) is 24.0 Å². The molecule has 10 heteroatoms. The van der Waals surface area contributed by atoms with Crippen LogP contribution in [-0.2, 0) is 22.7 Å². The van der Waals surface area contributed by atoms with E-state index in [1.54, 1.807) is 12.3 Å². The minimum atomic E-state index is -0.573. The first kappa shape index (κ1) is 23.4. The fraction of sp³-hybridized carbons (Fsp3) is 0.231. The predicted octanol–water partition coefficient (Wildman–Crippen LogP) is 4.35. The van der Waals surface area contributed by atoms with E-state index in [-0.39, 0.29) is 24.3 Å². The first-order valence-electron chi connectivity index (χ1n) is 11.5. The van der Waals surface area contributed by atoms with Gasteiger partial charge in [0.05, 0.1) is 25.1 Å². The van der Waals surface area contributed by atoms with Gasteiger partial charge in [-0.2, -0.15) is 5.10 Å². The van der Waals surface area contributed by atoms with Crippen LogP contribution in [0.2, 0.25) is 0 Å². The maximum atomic E-state index is 14.4. The molecule has 0 radical (unpaired) electrons. The molecule has 2 aromatic carbocycles. The van der Waals surface area contributed by atoms with E-state index in [4.69, 9.17) is 14.5 Å². The highest BCUT2D eigenvalue weighted by atomic mass is 19.1. The Bertz CT molecular complexity index is 1370. The van der Waals surface area contributed by atoms with E-state index < -0.39 is 5.82 Å². The summed E-state index contributed by atoms with van der Waals surface area (Å²) in [5.41, 5.74) is 5.08. The molecule has 0 fully saturated rings. The van der Waals surface area contributed by atoms with E-state index in [2.05, 4.69) is 25.8 Å². The molecule has 0 saturated carbocycles. The molecule has 0 saturated heterocycles. The van der Waals surface area contributed by atoms with Crippen LogP contribution in [0.4, 0.5) is 15.9 Å². The van der Waals surface area contributed by atoms with Gasteiger partial charge in [0, 0.05) is 34.6 Å². The summed E-state index contributed by atoms with van der Waals surface area (Å²) < 4.78 is 25.4. The van der Waals surface area contributed by atoms with Crippen molar-refractivity contribution in [3.8, 4) is 28.3 Å². The topological polar surface area (TPSA) is 114 Å². The third-order valence-corrected chi connectivity index (χ3v) is 5.55. The lowest BCUT2D eigenvalue weighted by Gasteiger charge is -2.13. The Balaban J connectivity index is 1.40. The lowest BCUT2D eigenvalue weighted by atomic mass is 10.1. The number of fused-ring (bicyclic) bond motifs is 1. The normalized spacial score (nSPS) is 12.4. The van der Waals surface area contributed by atoms with Crippen LogP contribution in [0.15, 0.2) is 54.9 Å². The summed E-state index contributed by atoms with van der Waals surface area (Å²) in [7, 11) is 0. The molecule has 1 amide bonds. The molecular formula is C26H25FN6O3. The number of rotatable bonds is 8. The molecule has 3 heterocycles. The van der Waals surface area contributed by atoms with Crippen molar-refractivity contribution in [1.29, 1.82) is 0 Å². The third kappa shape index (κ3) is 5.18. The average molecular weight is 489 g/mol. The van der Waals surface area contributed by atoms with Gasteiger partial charge in [-0.15, -0.1) is 0 Å². The average Bonchev–Trinajstić information content (AvgIpc) is 3.56. The van der Waals surface area contributed by atoms with Crippen LogP contribution < -0.4 is 15.4 Å². The molecule has 36 heavy (non-hydrogen) atoms. The van der Waals surface area contributed by atoms with E-state index in [0.29, 0.717) is 30.4 Å². The number of halogens is 1. The molecule has 0 spiro atoms. The van der Waals surface area contributed by atoms with Crippen molar-refractivity contribution in [3.63, 3.8) is 0 Å². The molecule has 184 valence electrons. The largest absolute Gasteiger partial charge is 0.481 e. The first-order chi connectivity index (χ1) is 17.5. The number of carbonyl (C=O) groups is 1. The number of nitrogens with zero attached hydrogens (tertiary/aromatic N) is 3. The van der Waals surface area contributed by atoms with Crippen molar-refractivity contribution < 1.29 is 18.7 Å². The Morgan fingerprint density at radius 1 is 1.11 bits per heavy atom. The second-order valence-electron chi connectivity index (χ2n) is 8.66. The number of anilines is 2.